The van der Waals surface area contributed by atoms with Gasteiger partial charge < -0.3 is 10.8 Å². The number of halogens is 3. The van der Waals surface area contributed by atoms with E-state index in [2.05, 4.69) is 0 Å². The van der Waals surface area contributed by atoms with Crippen LogP contribution in [0.1, 0.15) is 11.6 Å². The molecule has 0 fully saturated rings. The smallest absolute Gasteiger partial charge is 0.325 e. The summed E-state index contributed by atoms with van der Waals surface area (Å²) in [5, 5.41) is 8.41. The summed E-state index contributed by atoms with van der Waals surface area (Å²) >= 11 is 0. The Morgan fingerprint density at radius 2 is 1.93 bits per heavy atom. The molecule has 1 rings (SSSR count). The van der Waals surface area contributed by atoms with Gasteiger partial charge in [-0.15, -0.1) is 0 Å². The van der Waals surface area contributed by atoms with E-state index >= 15 is 0 Å². The molecule has 0 amide bonds. The second-order valence-corrected chi connectivity index (χ2v) is 2.61. The van der Waals surface area contributed by atoms with Crippen LogP contribution in [0.5, 0.6) is 0 Å². The fraction of sp³-hybridized carbons (Fsp3) is 0.125. The first-order valence-corrected chi connectivity index (χ1v) is 3.56. The number of aliphatic carboxylic acids is 1. The van der Waals surface area contributed by atoms with Gasteiger partial charge in [-0.25, -0.2) is 13.2 Å². The summed E-state index contributed by atoms with van der Waals surface area (Å²) in [5.74, 6) is -5.54. The van der Waals surface area contributed by atoms with Crippen molar-refractivity contribution in [3.05, 3.63) is 35.1 Å². The van der Waals surface area contributed by atoms with Crippen LogP contribution < -0.4 is 5.73 Å². The Bertz CT molecular complexity index is 381. The van der Waals surface area contributed by atoms with Gasteiger partial charge in [-0.05, 0) is 6.07 Å². The average Bonchev–Trinajstić information content (AvgIpc) is 2.09. The summed E-state index contributed by atoms with van der Waals surface area (Å²) in [7, 11) is 0. The second-order valence-electron chi connectivity index (χ2n) is 2.61. The third-order valence-electron chi connectivity index (χ3n) is 1.62. The maximum atomic E-state index is 12.9. The van der Waals surface area contributed by atoms with Crippen molar-refractivity contribution in [2.45, 2.75) is 6.04 Å². The lowest BCUT2D eigenvalue weighted by Crippen LogP contribution is -2.22. The molecule has 14 heavy (non-hydrogen) atoms. The summed E-state index contributed by atoms with van der Waals surface area (Å²) in [6, 6.07) is -0.912. The molecule has 0 saturated carbocycles. The molecule has 1 aromatic rings. The normalized spacial score (nSPS) is 12.6. The SMILES string of the molecule is N[C@H](C(=O)O)c1cc(F)cc(F)c1F. The van der Waals surface area contributed by atoms with Gasteiger partial charge in [-0.1, -0.05) is 0 Å². The predicted molar refractivity (Wildman–Crippen MR) is 40.9 cm³/mol. The summed E-state index contributed by atoms with van der Waals surface area (Å²) in [4.78, 5) is 10.3. The number of carbonyl (C=O) groups is 1. The van der Waals surface area contributed by atoms with Gasteiger partial charge in [0.25, 0.3) is 0 Å². The lowest BCUT2D eigenvalue weighted by atomic mass is 10.1. The average molecular weight is 205 g/mol. The number of carboxylic acids is 1. The van der Waals surface area contributed by atoms with Crippen LogP contribution in [0.3, 0.4) is 0 Å². The van der Waals surface area contributed by atoms with E-state index in [1.54, 1.807) is 0 Å². The molecule has 0 spiro atoms. The Hall–Kier alpha value is -1.56. The molecule has 0 aliphatic carbocycles. The highest BCUT2D eigenvalue weighted by atomic mass is 19.2. The van der Waals surface area contributed by atoms with Crippen LogP contribution >= 0.6 is 0 Å². The van der Waals surface area contributed by atoms with Crippen LogP contribution in [-0.2, 0) is 4.79 Å². The molecule has 3 N–H and O–H groups in total. The molecule has 3 nitrogen and oxygen atoms in total. The van der Waals surface area contributed by atoms with Crippen LogP contribution in [0.15, 0.2) is 12.1 Å². The molecular formula is C8H6F3NO2. The van der Waals surface area contributed by atoms with E-state index in [0.29, 0.717) is 12.1 Å². The zero-order valence-corrected chi connectivity index (χ0v) is 6.80. The van der Waals surface area contributed by atoms with Gasteiger partial charge in [-0.3, -0.25) is 4.79 Å². The Balaban J connectivity index is 3.26. The van der Waals surface area contributed by atoms with Crippen LogP contribution in [0.2, 0.25) is 0 Å². The van der Waals surface area contributed by atoms with Crippen LogP contribution in [0.25, 0.3) is 0 Å². The van der Waals surface area contributed by atoms with Crippen molar-refractivity contribution in [1.29, 1.82) is 0 Å². The molecule has 0 aromatic heterocycles. The largest absolute Gasteiger partial charge is 0.480 e. The summed E-state index contributed by atoms with van der Waals surface area (Å²) < 4.78 is 38.1. The van der Waals surface area contributed by atoms with Crippen LogP contribution in [-0.4, -0.2) is 11.1 Å². The number of carboxylic acid groups (broad SMARTS) is 1. The van der Waals surface area contributed by atoms with Gasteiger partial charge in [-0.2, -0.15) is 0 Å². The Morgan fingerprint density at radius 1 is 1.36 bits per heavy atom. The summed E-state index contributed by atoms with van der Waals surface area (Å²) in [6.07, 6.45) is 0. The van der Waals surface area contributed by atoms with Gasteiger partial charge in [0.1, 0.15) is 11.9 Å². The fourth-order valence-electron chi connectivity index (χ4n) is 0.935. The fourth-order valence-corrected chi connectivity index (χ4v) is 0.935. The van der Waals surface area contributed by atoms with E-state index < -0.39 is 35.0 Å². The lowest BCUT2D eigenvalue weighted by Gasteiger charge is -2.08. The van der Waals surface area contributed by atoms with Gasteiger partial charge >= 0.3 is 5.97 Å². The number of hydrogen-bond acceptors (Lipinski definition) is 2. The number of nitrogens with two attached hydrogens (primary N) is 1. The minimum atomic E-state index is -1.78. The highest BCUT2D eigenvalue weighted by Crippen LogP contribution is 2.19. The van der Waals surface area contributed by atoms with Crippen molar-refractivity contribution in [1.82, 2.24) is 0 Å². The van der Waals surface area contributed by atoms with E-state index in [0.717, 1.165) is 0 Å². The zero-order valence-electron chi connectivity index (χ0n) is 6.80. The molecule has 0 radical (unpaired) electrons. The first-order valence-electron chi connectivity index (χ1n) is 3.56. The Labute approximate surface area is 77.0 Å². The summed E-state index contributed by atoms with van der Waals surface area (Å²) in [5.41, 5.74) is 4.29. The molecular weight excluding hydrogens is 199 g/mol. The minimum absolute atomic E-state index is 0.313. The molecule has 0 saturated heterocycles. The topological polar surface area (TPSA) is 63.3 Å². The van der Waals surface area contributed by atoms with Crippen molar-refractivity contribution in [2.24, 2.45) is 5.73 Å². The van der Waals surface area contributed by atoms with Crippen molar-refractivity contribution in [3.63, 3.8) is 0 Å². The first-order chi connectivity index (χ1) is 6.43. The van der Waals surface area contributed by atoms with Gasteiger partial charge in [0, 0.05) is 11.6 Å². The molecule has 0 aliphatic rings. The maximum absolute atomic E-state index is 12.9. The van der Waals surface area contributed by atoms with Crippen molar-refractivity contribution >= 4 is 5.97 Å². The van der Waals surface area contributed by atoms with Crippen molar-refractivity contribution in [3.8, 4) is 0 Å². The molecule has 76 valence electrons. The van der Waals surface area contributed by atoms with Crippen molar-refractivity contribution < 1.29 is 23.1 Å². The van der Waals surface area contributed by atoms with E-state index in [1.165, 1.54) is 0 Å². The van der Waals surface area contributed by atoms with E-state index in [4.69, 9.17) is 10.8 Å². The third-order valence-corrected chi connectivity index (χ3v) is 1.62. The molecule has 0 bridgehead atoms. The van der Waals surface area contributed by atoms with Gasteiger partial charge in [0.2, 0.25) is 0 Å². The zero-order chi connectivity index (χ0) is 10.9. The molecule has 0 heterocycles. The number of rotatable bonds is 2. The van der Waals surface area contributed by atoms with Gasteiger partial charge in [0.15, 0.2) is 11.6 Å². The van der Waals surface area contributed by atoms with E-state index in [-0.39, 0.29) is 0 Å². The van der Waals surface area contributed by atoms with E-state index in [9.17, 15) is 18.0 Å². The minimum Gasteiger partial charge on any atom is -0.480 e. The molecule has 1 aromatic carbocycles. The second kappa shape index (κ2) is 3.67. The van der Waals surface area contributed by atoms with Crippen molar-refractivity contribution in [2.75, 3.05) is 0 Å². The number of benzene rings is 1. The number of hydrogen-bond donors (Lipinski definition) is 2. The van der Waals surface area contributed by atoms with Crippen LogP contribution in [0.4, 0.5) is 13.2 Å². The lowest BCUT2D eigenvalue weighted by molar-refractivity contribution is -0.138. The maximum Gasteiger partial charge on any atom is 0.325 e. The van der Waals surface area contributed by atoms with E-state index in [1.807, 2.05) is 0 Å². The predicted octanol–water partition coefficient (Wildman–Crippen LogP) is 1.19. The standard InChI is InChI=1S/C8H6F3NO2/c9-3-1-4(7(12)8(13)14)6(11)5(10)2-3/h1-2,7H,12H2,(H,13,14)/t7-/m0/s1. The highest BCUT2D eigenvalue weighted by molar-refractivity contribution is 5.75. The Morgan fingerprint density at radius 3 is 2.43 bits per heavy atom. The Kier molecular flexibility index (Phi) is 2.76. The van der Waals surface area contributed by atoms with Gasteiger partial charge in [0.05, 0.1) is 0 Å². The molecule has 0 unspecified atom stereocenters. The molecule has 6 heteroatoms. The highest BCUT2D eigenvalue weighted by Gasteiger charge is 2.21. The van der Waals surface area contributed by atoms with Crippen LogP contribution in [0, 0.1) is 17.5 Å². The first kappa shape index (κ1) is 10.5. The monoisotopic (exact) mass is 205 g/mol. The third kappa shape index (κ3) is 1.85. The molecule has 0 aliphatic heterocycles. The quantitative estimate of drug-likeness (QED) is 0.713. The summed E-state index contributed by atoms with van der Waals surface area (Å²) in [6.45, 7) is 0. The molecule has 1 atom stereocenters.